The van der Waals surface area contributed by atoms with Crippen LogP contribution in [0.3, 0.4) is 0 Å². The van der Waals surface area contributed by atoms with Gasteiger partial charge in [0.05, 0.1) is 6.21 Å². The summed E-state index contributed by atoms with van der Waals surface area (Å²) in [6.07, 6.45) is 4.74. The zero-order valence-corrected chi connectivity index (χ0v) is 18.8. The van der Waals surface area contributed by atoms with E-state index in [-0.39, 0.29) is 5.11 Å². The second kappa shape index (κ2) is 10.8. The Kier molecular flexibility index (Phi) is 7.42. The fraction of sp³-hybridized carbons (Fsp3) is 0.240. The van der Waals surface area contributed by atoms with E-state index in [1.54, 1.807) is 6.21 Å². The van der Waals surface area contributed by atoms with Crippen LogP contribution in [0.15, 0.2) is 78.0 Å². The summed E-state index contributed by atoms with van der Waals surface area (Å²) in [4.78, 5) is 9.64. The molecule has 4 rings (SSSR count). The number of nitrogens with one attached hydrogen (secondary N) is 1. The fourth-order valence-electron chi connectivity index (χ4n) is 3.81. The molecule has 3 N–H and O–H groups in total. The van der Waals surface area contributed by atoms with Crippen molar-refractivity contribution in [1.82, 2.24) is 15.3 Å². The summed E-state index contributed by atoms with van der Waals surface area (Å²) in [5.41, 5.74) is 12.5. The van der Waals surface area contributed by atoms with Crippen molar-refractivity contribution in [3.8, 4) is 11.1 Å². The third-order valence-corrected chi connectivity index (χ3v) is 5.73. The Bertz CT molecular complexity index is 1030. The summed E-state index contributed by atoms with van der Waals surface area (Å²) in [7, 11) is 0. The molecular formula is C25H28N6S. The number of pyridine rings is 1. The molecule has 0 spiro atoms. The van der Waals surface area contributed by atoms with Crippen molar-refractivity contribution < 1.29 is 0 Å². The van der Waals surface area contributed by atoms with Crippen molar-refractivity contribution >= 4 is 29.4 Å². The van der Waals surface area contributed by atoms with E-state index < -0.39 is 0 Å². The molecule has 2 aromatic carbocycles. The number of nitrogens with zero attached hydrogens (tertiary/aromatic N) is 4. The molecular weight excluding hydrogens is 416 g/mol. The first kappa shape index (κ1) is 21.9. The minimum absolute atomic E-state index is 0.151. The summed E-state index contributed by atoms with van der Waals surface area (Å²) in [6, 6.07) is 23.1. The summed E-state index contributed by atoms with van der Waals surface area (Å²) in [5, 5.41) is 4.13. The van der Waals surface area contributed by atoms with E-state index in [2.05, 4.69) is 74.9 Å². The summed E-state index contributed by atoms with van der Waals surface area (Å²) in [5.74, 6) is 1.05. The maximum atomic E-state index is 5.36. The standard InChI is InChI=1S/C25H28N6S/c26-25(32)29-28-18-21-6-8-22(9-7-21)23-10-11-24(27-19-23)31-16-14-30(15-17-31)13-12-20-4-2-1-3-5-20/h1-11,18-19H,12-17H2,(H3,26,29,32). The first-order chi connectivity index (χ1) is 15.7. The van der Waals surface area contributed by atoms with Crippen molar-refractivity contribution in [1.29, 1.82) is 0 Å². The molecule has 164 valence electrons. The van der Waals surface area contributed by atoms with Crippen LogP contribution in [-0.4, -0.2) is 53.9 Å². The Morgan fingerprint density at radius 2 is 1.69 bits per heavy atom. The second-order valence-electron chi connectivity index (χ2n) is 7.83. The molecule has 0 aliphatic carbocycles. The molecule has 7 heteroatoms. The number of aromatic nitrogens is 1. The van der Waals surface area contributed by atoms with Crippen LogP contribution in [0.5, 0.6) is 0 Å². The third-order valence-electron chi connectivity index (χ3n) is 5.64. The van der Waals surface area contributed by atoms with Gasteiger partial charge in [0.2, 0.25) is 0 Å². The van der Waals surface area contributed by atoms with E-state index in [9.17, 15) is 0 Å². The Balaban J connectivity index is 1.28. The lowest BCUT2D eigenvalue weighted by atomic mass is 10.1. The SMILES string of the molecule is NC(=S)NN=Cc1ccc(-c2ccc(N3CCN(CCc4ccccc4)CC3)nc2)cc1. The van der Waals surface area contributed by atoms with Crippen LogP contribution in [0.1, 0.15) is 11.1 Å². The lowest BCUT2D eigenvalue weighted by molar-refractivity contribution is 0.260. The minimum atomic E-state index is 0.151. The molecule has 0 atom stereocenters. The molecule has 32 heavy (non-hydrogen) atoms. The molecule has 0 bridgehead atoms. The van der Waals surface area contributed by atoms with Gasteiger partial charge in [-0.25, -0.2) is 4.98 Å². The zero-order valence-electron chi connectivity index (χ0n) is 18.0. The van der Waals surface area contributed by atoms with Gasteiger partial charge in [0.15, 0.2) is 5.11 Å². The van der Waals surface area contributed by atoms with Crippen LogP contribution in [0.4, 0.5) is 5.82 Å². The maximum absolute atomic E-state index is 5.36. The number of thiocarbonyl (C=S) groups is 1. The van der Waals surface area contributed by atoms with E-state index in [0.717, 1.165) is 61.7 Å². The lowest BCUT2D eigenvalue weighted by Crippen LogP contribution is -2.47. The zero-order chi connectivity index (χ0) is 22.2. The maximum Gasteiger partial charge on any atom is 0.184 e. The molecule has 0 unspecified atom stereocenters. The number of hydrogen-bond acceptors (Lipinski definition) is 5. The van der Waals surface area contributed by atoms with Crippen LogP contribution >= 0.6 is 12.2 Å². The van der Waals surface area contributed by atoms with E-state index >= 15 is 0 Å². The topological polar surface area (TPSA) is 69.8 Å². The van der Waals surface area contributed by atoms with Gasteiger partial charge in [-0.05, 0) is 47.5 Å². The Morgan fingerprint density at radius 1 is 0.969 bits per heavy atom. The van der Waals surface area contributed by atoms with Crippen LogP contribution in [0, 0.1) is 0 Å². The molecule has 1 fully saturated rings. The quantitative estimate of drug-likeness (QED) is 0.331. The normalized spacial score (nSPS) is 14.6. The molecule has 6 nitrogen and oxygen atoms in total. The van der Waals surface area contributed by atoms with E-state index in [0.29, 0.717) is 0 Å². The third kappa shape index (κ3) is 6.12. The minimum Gasteiger partial charge on any atom is -0.375 e. The summed E-state index contributed by atoms with van der Waals surface area (Å²) in [6.45, 7) is 5.27. The van der Waals surface area contributed by atoms with Gasteiger partial charge < -0.3 is 10.6 Å². The number of hydrazone groups is 1. The number of piperazine rings is 1. The van der Waals surface area contributed by atoms with Gasteiger partial charge in [-0.3, -0.25) is 10.3 Å². The van der Waals surface area contributed by atoms with Crippen LogP contribution in [0.25, 0.3) is 11.1 Å². The van der Waals surface area contributed by atoms with Crippen molar-refractivity contribution in [2.45, 2.75) is 6.42 Å². The largest absolute Gasteiger partial charge is 0.375 e. The molecule has 0 saturated carbocycles. The molecule has 1 aliphatic heterocycles. The van der Waals surface area contributed by atoms with E-state index in [1.807, 2.05) is 18.3 Å². The first-order valence-electron chi connectivity index (χ1n) is 10.8. The lowest BCUT2D eigenvalue weighted by Gasteiger charge is -2.35. The smallest absolute Gasteiger partial charge is 0.184 e. The predicted octanol–water partition coefficient (Wildman–Crippen LogP) is 3.28. The first-order valence-corrected chi connectivity index (χ1v) is 11.2. The highest BCUT2D eigenvalue weighted by Gasteiger charge is 2.17. The number of hydrogen-bond donors (Lipinski definition) is 2. The second-order valence-corrected chi connectivity index (χ2v) is 8.27. The number of nitrogens with two attached hydrogens (primary N) is 1. The molecule has 0 amide bonds. The molecule has 1 saturated heterocycles. The fourth-order valence-corrected chi connectivity index (χ4v) is 3.86. The Labute approximate surface area is 194 Å². The van der Waals surface area contributed by atoms with Crippen molar-refractivity contribution in [3.05, 3.63) is 84.1 Å². The van der Waals surface area contributed by atoms with Gasteiger partial charge in [0.25, 0.3) is 0 Å². The monoisotopic (exact) mass is 444 g/mol. The van der Waals surface area contributed by atoms with E-state index in [1.165, 1.54) is 5.56 Å². The van der Waals surface area contributed by atoms with Gasteiger partial charge in [-0.1, -0.05) is 54.6 Å². The average molecular weight is 445 g/mol. The van der Waals surface area contributed by atoms with Gasteiger partial charge in [-0.2, -0.15) is 5.10 Å². The molecule has 1 aliphatic rings. The summed E-state index contributed by atoms with van der Waals surface area (Å²) >= 11 is 4.73. The predicted molar refractivity (Wildman–Crippen MR) is 136 cm³/mol. The molecule has 0 radical (unpaired) electrons. The van der Waals surface area contributed by atoms with E-state index in [4.69, 9.17) is 22.9 Å². The average Bonchev–Trinajstić information content (AvgIpc) is 2.84. The molecule has 1 aromatic heterocycles. The Morgan fingerprint density at radius 3 is 2.34 bits per heavy atom. The van der Waals surface area contributed by atoms with Crippen molar-refractivity contribution in [2.24, 2.45) is 10.8 Å². The van der Waals surface area contributed by atoms with Crippen molar-refractivity contribution in [2.75, 3.05) is 37.6 Å². The summed E-state index contributed by atoms with van der Waals surface area (Å²) < 4.78 is 0. The van der Waals surface area contributed by atoms with Gasteiger partial charge >= 0.3 is 0 Å². The molecule has 3 aromatic rings. The van der Waals surface area contributed by atoms with Crippen LogP contribution in [-0.2, 0) is 6.42 Å². The van der Waals surface area contributed by atoms with Gasteiger partial charge in [0, 0.05) is 44.5 Å². The van der Waals surface area contributed by atoms with Gasteiger partial charge in [0.1, 0.15) is 5.82 Å². The highest BCUT2D eigenvalue weighted by Crippen LogP contribution is 2.22. The van der Waals surface area contributed by atoms with Gasteiger partial charge in [-0.15, -0.1) is 0 Å². The van der Waals surface area contributed by atoms with Crippen LogP contribution < -0.4 is 16.1 Å². The number of anilines is 1. The Hall–Kier alpha value is -3.29. The van der Waals surface area contributed by atoms with Crippen molar-refractivity contribution in [3.63, 3.8) is 0 Å². The highest BCUT2D eigenvalue weighted by molar-refractivity contribution is 7.80. The number of benzene rings is 2. The van der Waals surface area contributed by atoms with Crippen LogP contribution in [0.2, 0.25) is 0 Å². The highest BCUT2D eigenvalue weighted by atomic mass is 32.1. The molecule has 2 heterocycles. The number of rotatable bonds is 7.